The summed E-state index contributed by atoms with van der Waals surface area (Å²) in [5.74, 6) is -0.930. The first kappa shape index (κ1) is 22.8. The zero-order valence-electron chi connectivity index (χ0n) is 20.2. The lowest BCUT2D eigenvalue weighted by atomic mass is 9.79. The van der Waals surface area contributed by atoms with Crippen molar-refractivity contribution < 1.29 is 14.4 Å². The average Bonchev–Trinajstić information content (AvgIpc) is 2.75. The first-order chi connectivity index (χ1) is 15.5. The number of rotatable bonds is 3. The first-order valence-corrected chi connectivity index (χ1v) is 11.4. The molecule has 0 aliphatic carbocycles. The highest BCUT2D eigenvalue weighted by molar-refractivity contribution is 6.39. The molecule has 0 spiro atoms. The average molecular weight is 446 g/mol. The van der Waals surface area contributed by atoms with Gasteiger partial charge in [-0.2, -0.15) is 0 Å². The summed E-state index contributed by atoms with van der Waals surface area (Å²) in [5, 5.41) is 2.34. The fourth-order valence-corrected chi connectivity index (χ4v) is 4.95. The van der Waals surface area contributed by atoms with Crippen molar-refractivity contribution in [2.75, 3.05) is 16.8 Å². The molecule has 2 aromatic carbocycles. The molecule has 0 bridgehead atoms. The highest BCUT2D eigenvalue weighted by Crippen LogP contribution is 2.43. The quantitative estimate of drug-likeness (QED) is 0.536. The van der Waals surface area contributed by atoms with Gasteiger partial charge in [-0.1, -0.05) is 32.0 Å². The van der Waals surface area contributed by atoms with E-state index in [1.54, 1.807) is 18.2 Å². The summed E-state index contributed by atoms with van der Waals surface area (Å²) in [4.78, 5) is 42.1. The zero-order chi connectivity index (χ0) is 24.1. The standard InChI is InChI=1S/C27H31N3O3/c1-7-18-10-8-9-11-22(18)30-25(32)21(24(31)28-26(30)33)14-19-13-20-17(3)15-27(4,5)29(6)23(20)12-16(19)2/h8-14,17H,7,15H2,1-6H3,(H,28,31,33)/b21-14+/t17-/m0/s1. The van der Waals surface area contributed by atoms with Gasteiger partial charge < -0.3 is 4.90 Å². The number of carbonyl (C=O) groups is 3. The summed E-state index contributed by atoms with van der Waals surface area (Å²) in [6.07, 6.45) is 3.28. The number of imide groups is 2. The molecule has 0 unspecified atom stereocenters. The Hall–Kier alpha value is -3.41. The van der Waals surface area contributed by atoms with Gasteiger partial charge in [0.15, 0.2) is 0 Å². The Morgan fingerprint density at radius 1 is 1.12 bits per heavy atom. The number of hydrogen-bond donors (Lipinski definition) is 1. The number of anilines is 2. The van der Waals surface area contributed by atoms with Crippen LogP contribution >= 0.6 is 0 Å². The number of urea groups is 1. The van der Waals surface area contributed by atoms with E-state index in [0.717, 1.165) is 28.0 Å². The molecule has 0 saturated carbocycles. The van der Waals surface area contributed by atoms with E-state index >= 15 is 0 Å². The highest BCUT2D eigenvalue weighted by atomic mass is 16.2. The largest absolute Gasteiger partial charge is 0.369 e. The Morgan fingerprint density at radius 2 is 1.82 bits per heavy atom. The van der Waals surface area contributed by atoms with Crippen LogP contribution in [0.5, 0.6) is 0 Å². The Morgan fingerprint density at radius 3 is 2.52 bits per heavy atom. The number of amides is 4. The smallest absolute Gasteiger partial charge is 0.335 e. The third-order valence-electron chi connectivity index (χ3n) is 7.04. The SMILES string of the molecule is CCc1ccccc1N1C(=O)NC(=O)/C(=C\c2cc3c(cc2C)N(C)C(C)(C)C[C@@H]3C)C1=O. The first-order valence-electron chi connectivity index (χ1n) is 11.4. The van der Waals surface area contributed by atoms with E-state index in [9.17, 15) is 14.4 Å². The van der Waals surface area contributed by atoms with Gasteiger partial charge in [-0.3, -0.25) is 14.9 Å². The Bertz CT molecular complexity index is 1200. The molecule has 1 fully saturated rings. The predicted octanol–water partition coefficient (Wildman–Crippen LogP) is 4.95. The monoisotopic (exact) mass is 445 g/mol. The molecule has 33 heavy (non-hydrogen) atoms. The number of para-hydroxylation sites is 1. The lowest BCUT2D eigenvalue weighted by molar-refractivity contribution is -0.122. The summed E-state index contributed by atoms with van der Waals surface area (Å²) in [6.45, 7) is 10.6. The molecule has 0 radical (unpaired) electrons. The topological polar surface area (TPSA) is 69.7 Å². The summed E-state index contributed by atoms with van der Waals surface area (Å²) >= 11 is 0. The molecule has 2 aliphatic heterocycles. The predicted molar refractivity (Wildman–Crippen MR) is 132 cm³/mol. The van der Waals surface area contributed by atoms with Crippen molar-refractivity contribution in [3.63, 3.8) is 0 Å². The van der Waals surface area contributed by atoms with Crippen LogP contribution < -0.4 is 15.1 Å². The Labute approximate surface area is 195 Å². The van der Waals surface area contributed by atoms with Crippen molar-refractivity contribution in [3.8, 4) is 0 Å². The number of aryl methyl sites for hydroxylation is 2. The van der Waals surface area contributed by atoms with Gasteiger partial charge in [0.25, 0.3) is 11.8 Å². The maximum atomic E-state index is 13.4. The molecule has 4 amide bonds. The van der Waals surface area contributed by atoms with Crippen LogP contribution in [-0.2, 0) is 16.0 Å². The van der Waals surface area contributed by atoms with Crippen molar-refractivity contribution in [1.29, 1.82) is 0 Å². The van der Waals surface area contributed by atoms with Gasteiger partial charge >= 0.3 is 6.03 Å². The maximum Gasteiger partial charge on any atom is 0.335 e. The van der Waals surface area contributed by atoms with Crippen LogP contribution in [0.4, 0.5) is 16.2 Å². The minimum atomic E-state index is -0.720. The minimum Gasteiger partial charge on any atom is -0.369 e. The van der Waals surface area contributed by atoms with Gasteiger partial charge in [0.2, 0.25) is 0 Å². The number of barbiturate groups is 1. The number of fused-ring (bicyclic) bond motifs is 1. The van der Waals surface area contributed by atoms with E-state index in [0.29, 0.717) is 18.0 Å². The normalized spacial score (nSPS) is 21.3. The fourth-order valence-electron chi connectivity index (χ4n) is 4.95. The summed E-state index contributed by atoms with van der Waals surface area (Å²) < 4.78 is 0. The summed E-state index contributed by atoms with van der Waals surface area (Å²) in [5.41, 5.74) is 5.52. The maximum absolute atomic E-state index is 13.4. The van der Waals surface area contributed by atoms with Crippen molar-refractivity contribution in [2.45, 2.75) is 58.9 Å². The summed E-state index contributed by atoms with van der Waals surface area (Å²) in [6, 6.07) is 10.7. The van der Waals surface area contributed by atoms with Crippen molar-refractivity contribution in [3.05, 3.63) is 64.2 Å². The van der Waals surface area contributed by atoms with Crippen LogP contribution in [-0.4, -0.2) is 30.4 Å². The number of carbonyl (C=O) groups excluding carboxylic acids is 3. The molecule has 2 aromatic rings. The molecule has 4 rings (SSSR count). The number of benzene rings is 2. The molecule has 1 N–H and O–H groups in total. The molecule has 2 aliphatic rings. The van der Waals surface area contributed by atoms with Crippen LogP contribution in [0.2, 0.25) is 0 Å². The van der Waals surface area contributed by atoms with E-state index in [-0.39, 0.29) is 11.1 Å². The Kier molecular flexibility index (Phi) is 5.64. The molecular formula is C27H31N3O3. The second-order valence-electron chi connectivity index (χ2n) is 9.68. The summed E-state index contributed by atoms with van der Waals surface area (Å²) in [7, 11) is 2.11. The third-order valence-corrected chi connectivity index (χ3v) is 7.04. The van der Waals surface area contributed by atoms with E-state index < -0.39 is 17.8 Å². The lowest BCUT2D eigenvalue weighted by Crippen LogP contribution is -2.54. The molecule has 1 saturated heterocycles. The van der Waals surface area contributed by atoms with Gasteiger partial charge in [-0.25, -0.2) is 9.69 Å². The van der Waals surface area contributed by atoms with E-state index in [1.807, 2.05) is 26.0 Å². The molecule has 0 aromatic heterocycles. The Balaban J connectivity index is 1.79. The van der Waals surface area contributed by atoms with Gasteiger partial charge in [0.05, 0.1) is 5.69 Å². The minimum absolute atomic E-state index is 0.0410. The van der Waals surface area contributed by atoms with Crippen molar-refractivity contribution >= 4 is 35.3 Å². The lowest BCUT2D eigenvalue weighted by Gasteiger charge is -2.45. The number of nitrogens with zero attached hydrogens (tertiary/aromatic N) is 2. The zero-order valence-corrected chi connectivity index (χ0v) is 20.2. The van der Waals surface area contributed by atoms with E-state index in [1.165, 1.54) is 11.3 Å². The second-order valence-corrected chi connectivity index (χ2v) is 9.68. The van der Waals surface area contributed by atoms with Crippen LogP contribution in [0.25, 0.3) is 6.08 Å². The molecule has 1 atom stereocenters. The van der Waals surface area contributed by atoms with Crippen LogP contribution in [0.3, 0.4) is 0 Å². The molecule has 2 heterocycles. The van der Waals surface area contributed by atoms with E-state index in [4.69, 9.17) is 0 Å². The third kappa shape index (κ3) is 3.84. The molecule has 6 heteroatoms. The molecule has 6 nitrogen and oxygen atoms in total. The van der Waals surface area contributed by atoms with Gasteiger partial charge in [0.1, 0.15) is 5.57 Å². The van der Waals surface area contributed by atoms with Crippen LogP contribution in [0.1, 0.15) is 62.3 Å². The van der Waals surface area contributed by atoms with Crippen molar-refractivity contribution in [1.82, 2.24) is 5.32 Å². The number of nitrogens with one attached hydrogen (secondary N) is 1. The van der Waals surface area contributed by atoms with Gasteiger partial charge in [0, 0.05) is 18.3 Å². The number of hydrogen-bond acceptors (Lipinski definition) is 4. The molecule has 172 valence electrons. The van der Waals surface area contributed by atoms with Crippen molar-refractivity contribution in [2.24, 2.45) is 0 Å². The highest BCUT2D eigenvalue weighted by Gasteiger charge is 2.38. The van der Waals surface area contributed by atoms with Crippen LogP contribution in [0.15, 0.2) is 42.0 Å². The fraction of sp³-hybridized carbons (Fsp3) is 0.370. The molecular weight excluding hydrogens is 414 g/mol. The van der Waals surface area contributed by atoms with Gasteiger partial charge in [-0.05, 0) is 86.1 Å². The second kappa shape index (κ2) is 8.18. The van der Waals surface area contributed by atoms with Crippen LogP contribution in [0, 0.1) is 6.92 Å². The van der Waals surface area contributed by atoms with Gasteiger partial charge in [-0.15, -0.1) is 0 Å². The van der Waals surface area contributed by atoms with E-state index in [2.05, 4.69) is 50.2 Å².